The van der Waals surface area contributed by atoms with Crippen LogP contribution in [0.3, 0.4) is 0 Å². The molecule has 0 saturated heterocycles. The third-order valence-electron chi connectivity index (χ3n) is 4.98. The number of nitro benzene ring substituents is 1. The number of benzene rings is 1. The van der Waals surface area contributed by atoms with Crippen molar-refractivity contribution in [1.82, 2.24) is 10.6 Å². The molecule has 0 bridgehead atoms. The van der Waals surface area contributed by atoms with E-state index in [1.807, 2.05) is 0 Å². The van der Waals surface area contributed by atoms with Crippen LogP contribution in [0.2, 0.25) is 0 Å². The number of rotatable bonds is 4. The Morgan fingerprint density at radius 2 is 1.93 bits per heavy atom. The molecule has 2 N–H and O–H groups in total. The van der Waals surface area contributed by atoms with Crippen molar-refractivity contribution in [2.75, 3.05) is 0 Å². The molecular weight excluding hydrogens is 350 g/mol. The average Bonchev–Trinajstić information content (AvgIpc) is 2.89. The lowest BCUT2D eigenvalue weighted by atomic mass is 9.95. The summed E-state index contributed by atoms with van der Waals surface area (Å²) in [4.78, 5) is 35.4. The van der Waals surface area contributed by atoms with Crippen LogP contribution in [-0.4, -0.2) is 23.0 Å². The molecule has 0 radical (unpaired) electrons. The molecule has 1 atom stereocenters. The molecule has 1 heterocycles. The third-order valence-corrected chi connectivity index (χ3v) is 4.98. The van der Waals surface area contributed by atoms with E-state index in [9.17, 15) is 19.7 Å². The number of nitrogens with one attached hydrogen (secondary N) is 2. The molecule has 3 rings (SSSR count). The van der Waals surface area contributed by atoms with E-state index >= 15 is 0 Å². The largest absolute Gasteiger partial charge is 0.459 e. The van der Waals surface area contributed by atoms with Crippen molar-refractivity contribution in [2.45, 2.75) is 57.6 Å². The fourth-order valence-electron chi connectivity index (χ4n) is 3.61. The van der Waals surface area contributed by atoms with Gasteiger partial charge in [0.1, 0.15) is 6.10 Å². The van der Waals surface area contributed by atoms with Crippen LogP contribution in [0.4, 0.5) is 10.5 Å². The molecule has 8 nitrogen and oxygen atoms in total. The Kier molecular flexibility index (Phi) is 5.73. The fourth-order valence-corrected chi connectivity index (χ4v) is 3.61. The predicted molar refractivity (Wildman–Crippen MR) is 97.8 cm³/mol. The Hall–Kier alpha value is -2.90. The Labute approximate surface area is 157 Å². The molecule has 2 amide bonds. The van der Waals surface area contributed by atoms with Crippen molar-refractivity contribution in [3.8, 4) is 0 Å². The number of nitrogens with zero attached hydrogens (tertiary/aromatic N) is 1. The van der Waals surface area contributed by atoms with Gasteiger partial charge >= 0.3 is 12.0 Å². The molecule has 8 heteroatoms. The molecule has 0 unspecified atom stereocenters. The van der Waals surface area contributed by atoms with Gasteiger partial charge in [0.2, 0.25) is 0 Å². The normalized spacial score (nSPS) is 21.1. The summed E-state index contributed by atoms with van der Waals surface area (Å²) in [5, 5.41) is 16.3. The van der Waals surface area contributed by atoms with Gasteiger partial charge in [-0.25, -0.2) is 9.59 Å². The first-order chi connectivity index (χ1) is 13.0. The van der Waals surface area contributed by atoms with E-state index in [1.165, 1.54) is 18.2 Å². The van der Waals surface area contributed by atoms with E-state index in [0.29, 0.717) is 11.3 Å². The van der Waals surface area contributed by atoms with Gasteiger partial charge in [-0.15, -0.1) is 0 Å². The molecule has 0 spiro atoms. The summed E-state index contributed by atoms with van der Waals surface area (Å²) in [5.41, 5.74) is 1.04. The van der Waals surface area contributed by atoms with E-state index in [4.69, 9.17) is 4.74 Å². The Balaban J connectivity index is 1.88. The molecule has 1 aliphatic heterocycles. The first-order valence-electron chi connectivity index (χ1n) is 9.19. The molecule has 144 valence electrons. The van der Waals surface area contributed by atoms with E-state index < -0.39 is 23.0 Å². The molecule has 0 aromatic heterocycles. The molecule has 1 aromatic rings. The molecule has 27 heavy (non-hydrogen) atoms. The first kappa shape index (κ1) is 18.9. The number of esters is 1. The van der Waals surface area contributed by atoms with Crippen LogP contribution in [0, 0.1) is 10.1 Å². The summed E-state index contributed by atoms with van der Waals surface area (Å²) in [7, 11) is 0. The Bertz CT molecular complexity index is 781. The molecule has 2 aliphatic rings. The van der Waals surface area contributed by atoms with E-state index in [2.05, 4.69) is 10.6 Å². The van der Waals surface area contributed by atoms with Crippen LogP contribution in [0.25, 0.3) is 0 Å². The maximum Gasteiger partial charge on any atom is 0.338 e. The Morgan fingerprint density at radius 1 is 1.22 bits per heavy atom. The number of carbonyl (C=O) groups is 2. The lowest BCUT2D eigenvalue weighted by molar-refractivity contribution is -0.384. The van der Waals surface area contributed by atoms with Gasteiger partial charge in [-0.2, -0.15) is 0 Å². The van der Waals surface area contributed by atoms with E-state index in [-0.39, 0.29) is 17.4 Å². The number of ether oxygens (including phenoxy) is 1. The van der Waals surface area contributed by atoms with Gasteiger partial charge in [0.25, 0.3) is 5.69 Å². The van der Waals surface area contributed by atoms with Gasteiger partial charge in [0, 0.05) is 17.8 Å². The number of hydrogen-bond donors (Lipinski definition) is 2. The summed E-state index contributed by atoms with van der Waals surface area (Å²) in [6.45, 7) is 1.63. The van der Waals surface area contributed by atoms with Crippen LogP contribution < -0.4 is 10.6 Å². The van der Waals surface area contributed by atoms with Crippen molar-refractivity contribution in [3.05, 3.63) is 51.2 Å². The summed E-state index contributed by atoms with van der Waals surface area (Å²) in [5.74, 6) is -0.497. The fraction of sp³-hybridized carbons (Fsp3) is 0.474. The van der Waals surface area contributed by atoms with Gasteiger partial charge in [-0.05, 0) is 38.2 Å². The lowest BCUT2D eigenvalue weighted by Gasteiger charge is -2.29. The molecular formula is C19H23N3O5. The molecule has 1 fully saturated rings. The molecule has 1 aromatic carbocycles. The van der Waals surface area contributed by atoms with Crippen LogP contribution >= 0.6 is 0 Å². The number of non-ortho nitro benzene ring substituents is 1. The molecule has 1 saturated carbocycles. The number of allylic oxidation sites excluding steroid dienone is 1. The number of carbonyl (C=O) groups excluding carboxylic acids is 2. The monoisotopic (exact) mass is 373 g/mol. The maximum absolute atomic E-state index is 12.9. The van der Waals surface area contributed by atoms with Crippen molar-refractivity contribution in [1.29, 1.82) is 0 Å². The zero-order chi connectivity index (χ0) is 19.4. The van der Waals surface area contributed by atoms with Crippen LogP contribution in [0.5, 0.6) is 0 Å². The number of nitro groups is 1. The number of urea groups is 1. The van der Waals surface area contributed by atoms with Gasteiger partial charge < -0.3 is 15.4 Å². The van der Waals surface area contributed by atoms with Crippen LogP contribution in [0.15, 0.2) is 35.5 Å². The van der Waals surface area contributed by atoms with E-state index in [0.717, 1.165) is 38.5 Å². The van der Waals surface area contributed by atoms with Crippen LogP contribution in [0.1, 0.15) is 57.1 Å². The first-order valence-corrected chi connectivity index (χ1v) is 9.19. The zero-order valence-corrected chi connectivity index (χ0v) is 15.2. The summed E-state index contributed by atoms with van der Waals surface area (Å²) in [6, 6.07) is 4.65. The van der Waals surface area contributed by atoms with Gasteiger partial charge in [0.05, 0.1) is 16.5 Å². The van der Waals surface area contributed by atoms with Gasteiger partial charge in [-0.1, -0.05) is 25.0 Å². The minimum atomic E-state index is -0.795. The van der Waals surface area contributed by atoms with Gasteiger partial charge in [-0.3, -0.25) is 10.1 Å². The molecule has 1 aliphatic carbocycles. The highest BCUT2D eigenvalue weighted by Crippen LogP contribution is 2.31. The standard InChI is InChI=1S/C19H23N3O5/c1-12-16(18(23)27-15-9-4-2-3-5-10-15)17(21-19(24)20-12)13-7-6-8-14(11-13)22(25)26/h6-8,11,15,17H,2-5,9-10H2,1H3,(H2,20,21,24)/t17-/m1/s1. The van der Waals surface area contributed by atoms with Crippen molar-refractivity contribution in [2.24, 2.45) is 0 Å². The van der Waals surface area contributed by atoms with Crippen LogP contribution in [-0.2, 0) is 9.53 Å². The third kappa shape index (κ3) is 4.45. The highest BCUT2D eigenvalue weighted by molar-refractivity contribution is 5.95. The summed E-state index contributed by atoms with van der Waals surface area (Å²) in [6.07, 6.45) is 5.87. The van der Waals surface area contributed by atoms with Crippen molar-refractivity contribution < 1.29 is 19.2 Å². The highest BCUT2D eigenvalue weighted by Gasteiger charge is 2.34. The topological polar surface area (TPSA) is 111 Å². The smallest absolute Gasteiger partial charge is 0.338 e. The quantitative estimate of drug-likeness (QED) is 0.363. The lowest BCUT2D eigenvalue weighted by Crippen LogP contribution is -2.45. The summed E-state index contributed by atoms with van der Waals surface area (Å²) >= 11 is 0. The highest BCUT2D eigenvalue weighted by atomic mass is 16.6. The summed E-state index contributed by atoms with van der Waals surface area (Å²) < 4.78 is 5.72. The van der Waals surface area contributed by atoms with Gasteiger partial charge in [0.15, 0.2) is 0 Å². The number of hydrogen-bond acceptors (Lipinski definition) is 5. The van der Waals surface area contributed by atoms with Crippen molar-refractivity contribution >= 4 is 17.7 Å². The second-order valence-electron chi connectivity index (χ2n) is 6.94. The zero-order valence-electron chi connectivity index (χ0n) is 15.2. The SMILES string of the molecule is CC1=C(C(=O)OC2CCCCCC2)[C@@H](c2cccc([N+](=O)[O-])c2)NC(=O)N1. The average molecular weight is 373 g/mol. The predicted octanol–water partition coefficient (Wildman–Crippen LogP) is 3.49. The van der Waals surface area contributed by atoms with E-state index in [1.54, 1.807) is 13.0 Å². The minimum absolute atomic E-state index is 0.102. The minimum Gasteiger partial charge on any atom is -0.459 e. The second-order valence-corrected chi connectivity index (χ2v) is 6.94. The maximum atomic E-state index is 12.9. The van der Waals surface area contributed by atoms with Crippen molar-refractivity contribution in [3.63, 3.8) is 0 Å². The second kappa shape index (κ2) is 8.20. The number of amides is 2. The Morgan fingerprint density at radius 3 is 2.59 bits per heavy atom.